The number of alkyl halides is 3. The summed E-state index contributed by atoms with van der Waals surface area (Å²) in [6.07, 6.45) is -2.03. The lowest BCUT2D eigenvalue weighted by Gasteiger charge is -2.16. The zero-order valence-corrected chi connectivity index (χ0v) is 16.5. The highest BCUT2D eigenvalue weighted by Crippen LogP contribution is 2.27. The largest absolute Gasteiger partial charge is 0.435 e. The molecule has 3 rings (SSSR count). The van der Waals surface area contributed by atoms with E-state index in [9.17, 15) is 26.4 Å². The number of halogens is 3. The summed E-state index contributed by atoms with van der Waals surface area (Å²) in [5.41, 5.74) is -0.333. The van der Waals surface area contributed by atoms with Gasteiger partial charge in [-0.2, -0.15) is 18.3 Å². The molecule has 0 radical (unpaired) electrons. The van der Waals surface area contributed by atoms with E-state index in [1.165, 1.54) is 18.3 Å². The number of nitrogens with one attached hydrogen (secondary N) is 1. The standard InChI is InChI=1S/C18H21F3N4O3S/c1-13(12-24-10-8-16(23-24)18(19,20)21)11-22-29(27,28)15-6-4-14(5-7-15)25-9-2-3-17(25)26/h4-8,10,13,22H,2-3,9,11-12H2,1H3/t13-/m0/s1. The fourth-order valence-electron chi connectivity index (χ4n) is 3.06. The minimum absolute atomic E-state index is 0.0138. The van der Waals surface area contributed by atoms with Gasteiger partial charge in [0.15, 0.2) is 5.69 Å². The van der Waals surface area contributed by atoms with Gasteiger partial charge in [-0.1, -0.05) is 6.92 Å². The fraction of sp³-hybridized carbons (Fsp3) is 0.444. The van der Waals surface area contributed by atoms with E-state index in [1.807, 2.05) is 0 Å². The Balaban J connectivity index is 1.57. The molecule has 11 heteroatoms. The van der Waals surface area contributed by atoms with Crippen molar-refractivity contribution in [3.8, 4) is 0 Å². The van der Waals surface area contributed by atoms with E-state index < -0.39 is 21.9 Å². The highest BCUT2D eigenvalue weighted by Gasteiger charge is 2.33. The van der Waals surface area contributed by atoms with Crippen LogP contribution in [0.2, 0.25) is 0 Å². The van der Waals surface area contributed by atoms with Gasteiger partial charge in [0.2, 0.25) is 15.9 Å². The fourth-order valence-corrected chi connectivity index (χ4v) is 4.23. The van der Waals surface area contributed by atoms with Crippen LogP contribution in [0.4, 0.5) is 18.9 Å². The van der Waals surface area contributed by atoms with E-state index in [1.54, 1.807) is 24.0 Å². The van der Waals surface area contributed by atoms with Crippen molar-refractivity contribution in [3.05, 3.63) is 42.2 Å². The summed E-state index contributed by atoms with van der Waals surface area (Å²) in [4.78, 5) is 13.4. The van der Waals surface area contributed by atoms with Gasteiger partial charge in [0.05, 0.1) is 4.90 Å². The van der Waals surface area contributed by atoms with Crippen LogP contribution in [0.3, 0.4) is 0 Å². The number of rotatable bonds is 7. The molecule has 1 atom stereocenters. The van der Waals surface area contributed by atoms with Crippen LogP contribution < -0.4 is 9.62 Å². The highest BCUT2D eigenvalue weighted by molar-refractivity contribution is 7.89. The molecule has 1 saturated heterocycles. The van der Waals surface area contributed by atoms with Crippen molar-refractivity contribution in [3.63, 3.8) is 0 Å². The van der Waals surface area contributed by atoms with Gasteiger partial charge in [0.25, 0.3) is 0 Å². The number of anilines is 1. The zero-order valence-electron chi connectivity index (χ0n) is 15.7. The minimum Gasteiger partial charge on any atom is -0.312 e. The van der Waals surface area contributed by atoms with E-state index in [-0.39, 0.29) is 29.8 Å². The van der Waals surface area contributed by atoms with Crippen molar-refractivity contribution < 1.29 is 26.4 Å². The van der Waals surface area contributed by atoms with Gasteiger partial charge >= 0.3 is 6.18 Å². The molecule has 2 aromatic rings. The third-order valence-electron chi connectivity index (χ3n) is 4.58. The van der Waals surface area contributed by atoms with E-state index >= 15 is 0 Å². The monoisotopic (exact) mass is 430 g/mol. The summed E-state index contributed by atoms with van der Waals surface area (Å²) in [6.45, 7) is 2.49. The highest BCUT2D eigenvalue weighted by atomic mass is 32.2. The summed E-state index contributed by atoms with van der Waals surface area (Å²) in [5.74, 6) is -0.271. The topological polar surface area (TPSA) is 84.3 Å². The molecule has 1 amide bonds. The molecule has 1 N–H and O–H groups in total. The second-order valence-corrected chi connectivity index (χ2v) is 8.79. The van der Waals surface area contributed by atoms with Crippen LogP contribution in [0, 0.1) is 5.92 Å². The van der Waals surface area contributed by atoms with Crippen LogP contribution in [-0.4, -0.2) is 37.2 Å². The Hall–Kier alpha value is -2.40. The minimum atomic E-state index is -4.51. The molecule has 2 heterocycles. The van der Waals surface area contributed by atoms with Crippen molar-refractivity contribution >= 4 is 21.6 Å². The maximum atomic E-state index is 12.6. The first-order chi connectivity index (χ1) is 13.6. The first-order valence-corrected chi connectivity index (χ1v) is 10.6. The van der Waals surface area contributed by atoms with Gasteiger partial charge in [-0.25, -0.2) is 13.1 Å². The van der Waals surface area contributed by atoms with E-state index in [0.29, 0.717) is 18.7 Å². The smallest absolute Gasteiger partial charge is 0.312 e. The number of hydrogen-bond acceptors (Lipinski definition) is 4. The predicted molar refractivity (Wildman–Crippen MR) is 99.6 cm³/mol. The number of benzene rings is 1. The maximum absolute atomic E-state index is 12.6. The molecule has 158 valence electrons. The Morgan fingerprint density at radius 1 is 1.21 bits per heavy atom. The van der Waals surface area contributed by atoms with Gasteiger partial charge in [0, 0.05) is 37.9 Å². The molecule has 0 saturated carbocycles. The second-order valence-electron chi connectivity index (χ2n) is 7.02. The molecule has 0 bridgehead atoms. The average molecular weight is 430 g/mol. The molecule has 7 nitrogen and oxygen atoms in total. The lowest BCUT2D eigenvalue weighted by atomic mass is 10.2. The number of hydrogen-bond donors (Lipinski definition) is 1. The lowest BCUT2D eigenvalue weighted by molar-refractivity contribution is -0.141. The lowest BCUT2D eigenvalue weighted by Crippen LogP contribution is -2.30. The van der Waals surface area contributed by atoms with E-state index in [4.69, 9.17) is 0 Å². The first kappa shape index (κ1) is 21.3. The normalized spacial score (nSPS) is 16.4. The molecule has 1 aromatic heterocycles. The Kier molecular flexibility index (Phi) is 5.99. The van der Waals surface area contributed by atoms with E-state index in [2.05, 4.69) is 9.82 Å². The molecule has 0 aliphatic carbocycles. The van der Waals surface area contributed by atoms with Crippen molar-refractivity contribution in [1.29, 1.82) is 0 Å². The van der Waals surface area contributed by atoms with Crippen LogP contribution in [0.25, 0.3) is 0 Å². The molecule has 0 spiro atoms. The number of carbonyl (C=O) groups excluding carboxylic acids is 1. The first-order valence-electron chi connectivity index (χ1n) is 9.07. The zero-order chi connectivity index (χ0) is 21.2. The van der Waals surface area contributed by atoms with Gasteiger partial charge in [-0.15, -0.1) is 0 Å². The van der Waals surface area contributed by atoms with Gasteiger partial charge in [0.1, 0.15) is 0 Å². The van der Waals surface area contributed by atoms with Gasteiger partial charge in [-0.05, 0) is 42.7 Å². The van der Waals surface area contributed by atoms with Crippen LogP contribution in [0.1, 0.15) is 25.5 Å². The maximum Gasteiger partial charge on any atom is 0.435 e. The number of sulfonamides is 1. The Morgan fingerprint density at radius 3 is 2.45 bits per heavy atom. The summed E-state index contributed by atoms with van der Waals surface area (Å²) >= 11 is 0. The SMILES string of the molecule is C[C@@H](CNS(=O)(=O)c1ccc(N2CCCC2=O)cc1)Cn1ccc(C(F)(F)F)n1. The molecule has 29 heavy (non-hydrogen) atoms. The molecule has 1 aromatic carbocycles. The van der Waals surface area contributed by atoms with Crippen molar-refractivity contribution in [2.75, 3.05) is 18.0 Å². The molecular weight excluding hydrogens is 409 g/mol. The van der Waals surface area contributed by atoms with Gasteiger partial charge in [-0.3, -0.25) is 9.48 Å². The Labute approximate surface area is 166 Å². The van der Waals surface area contributed by atoms with Crippen LogP contribution >= 0.6 is 0 Å². The number of carbonyl (C=O) groups is 1. The Morgan fingerprint density at radius 2 is 1.90 bits per heavy atom. The number of nitrogens with zero attached hydrogens (tertiary/aromatic N) is 3. The average Bonchev–Trinajstić information content (AvgIpc) is 3.29. The molecule has 1 aliphatic rings. The number of aromatic nitrogens is 2. The van der Waals surface area contributed by atoms with Crippen LogP contribution in [0.15, 0.2) is 41.4 Å². The van der Waals surface area contributed by atoms with Crippen LogP contribution in [-0.2, 0) is 27.5 Å². The van der Waals surface area contributed by atoms with Crippen molar-refractivity contribution in [1.82, 2.24) is 14.5 Å². The third-order valence-corrected chi connectivity index (χ3v) is 6.02. The summed E-state index contributed by atoms with van der Waals surface area (Å²) < 4.78 is 66.3. The predicted octanol–water partition coefficient (Wildman–Crippen LogP) is 2.64. The second kappa shape index (κ2) is 8.15. The Bertz CT molecular complexity index is 971. The third kappa shape index (κ3) is 5.15. The van der Waals surface area contributed by atoms with Gasteiger partial charge < -0.3 is 4.90 Å². The molecular formula is C18H21F3N4O3S. The molecule has 0 unspecified atom stereocenters. The summed E-state index contributed by atoms with van der Waals surface area (Å²) in [6, 6.07) is 6.91. The molecule has 1 aliphatic heterocycles. The van der Waals surface area contributed by atoms with Crippen molar-refractivity contribution in [2.24, 2.45) is 5.92 Å². The van der Waals surface area contributed by atoms with Crippen LogP contribution in [0.5, 0.6) is 0 Å². The van der Waals surface area contributed by atoms with E-state index in [0.717, 1.165) is 17.2 Å². The number of amides is 1. The summed E-state index contributed by atoms with van der Waals surface area (Å²) in [7, 11) is -3.78. The molecule has 1 fully saturated rings. The quantitative estimate of drug-likeness (QED) is 0.732. The summed E-state index contributed by atoms with van der Waals surface area (Å²) in [5, 5.41) is 3.46. The van der Waals surface area contributed by atoms with Crippen molar-refractivity contribution in [2.45, 2.75) is 37.4 Å².